The van der Waals surface area contributed by atoms with Gasteiger partial charge in [0.25, 0.3) is 0 Å². The predicted octanol–water partition coefficient (Wildman–Crippen LogP) is 3.43. The molecule has 0 saturated heterocycles. The van der Waals surface area contributed by atoms with Crippen LogP contribution in [0.1, 0.15) is 53.4 Å². The van der Waals surface area contributed by atoms with Crippen LogP contribution in [0.15, 0.2) is 0 Å². The van der Waals surface area contributed by atoms with Gasteiger partial charge in [0.2, 0.25) is 0 Å². The second kappa shape index (κ2) is 9.05. The predicted molar refractivity (Wildman–Crippen MR) is 68.7 cm³/mol. The van der Waals surface area contributed by atoms with Crippen molar-refractivity contribution in [2.45, 2.75) is 53.4 Å². The molecular formula is C15H22O. The van der Waals surface area contributed by atoms with E-state index in [1.54, 1.807) is 0 Å². The number of rotatable bonds is 5. The van der Waals surface area contributed by atoms with Crippen LogP contribution in [0.4, 0.5) is 0 Å². The second-order valence-electron chi connectivity index (χ2n) is 4.68. The van der Waals surface area contributed by atoms with Crippen molar-refractivity contribution in [1.29, 1.82) is 0 Å². The molecule has 0 aromatic rings. The van der Waals surface area contributed by atoms with Gasteiger partial charge in [0.15, 0.2) is 0 Å². The molecule has 0 aromatic carbocycles. The van der Waals surface area contributed by atoms with Crippen LogP contribution in [0.3, 0.4) is 0 Å². The fourth-order valence-corrected chi connectivity index (χ4v) is 1.05. The highest BCUT2D eigenvalue weighted by molar-refractivity contribution is 5.80. The maximum absolute atomic E-state index is 11.3. The van der Waals surface area contributed by atoms with Crippen molar-refractivity contribution >= 4 is 5.78 Å². The Labute approximate surface area is 100 Å². The van der Waals surface area contributed by atoms with Crippen LogP contribution in [0.5, 0.6) is 0 Å². The summed E-state index contributed by atoms with van der Waals surface area (Å²) in [6.07, 6.45) is 3.18. The molecule has 0 radical (unpaired) electrons. The summed E-state index contributed by atoms with van der Waals surface area (Å²) in [7, 11) is 0. The summed E-state index contributed by atoms with van der Waals surface area (Å²) < 4.78 is 0. The Balaban J connectivity index is 3.62. The summed E-state index contributed by atoms with van der Waals surface area (Å²) in [4.78, 5) is 11.3. The third-order valence-corrected chi connectivity index (χ3v) is 2.12. The summed E-state index contributed by atoms with van der Waals surface area (Å²) >= 11 is 0. The first-order valence-corrected chi connectivity index (χ1v) is 6.02. The molecule has 0 unspecified atom stereocenters. The molecule has 0 bridgehead atoms. The van der Waals surface area contributed by atoms with Crippen molar-refractivity contribution in [2.24, 2.45) is 11.8 Å². The summed E-state index contributed by atoms with van der Waals surface area (Å²) in [6.45, 7) is 8.15. The van der Waals surface area contributed by atoms with Crippen LogP contribution < -0.4 is 0 Å². The van der Waals surface area contributed by atoms with Crippen LogP contribution in [0.25, 0.3) is 0 Å². The Hall–Kier alpha value is -1.21. The lowest BCUT2D eigenvalue weighted by Crippen LogP contribution is -2.05. The van der Waals surface area contributed by atoms with Crippen molar-refractivity contribution < 1.29 is 4.79 Å². The SMILES string of the molecule is CC(C)CC#CC#CCCCC(=O)C(C)C. The van der Waals surface area contributed by atoms with Gasteiger partial charge in [-0.15, -0.1) is 0 Å². The molecular weight excluding hydrogens is 196 g/mol. The largest absolute Gasteiger partial charge is 0.299 e. The Kier molecular flexibility index (Phi) is 8.36. The summed E-state index contributed by atoms with van der Waals surface area (Å²) in [5.41, 5.74) is 0. The van der Waals surface area contributed by atoms with Crippen molar-refractivity contribution in [2.75, 3.05) is 0 Å². The van der Waals surface area contributed by atoms with Crippen LogP contribution in [-0.4, -0.2) is 5.78 Å². The van der Waals surface area contributed by atoms with Crippen LogP contribution in [-0.2, 0) is 4.79 Å². The first-order chi connectivity index (χ1) is 7.54. The van der Waals surface area contributed by atoms with Crippen LogP contribution >= 0.6 is 0 Å². The normalized spacial score (nSPS) is 9.38. The molecule has 0 rings (SSSR count). The van der Waals surface area contributed by atoms with Gasteiger partial charge in [-0.3, -0.25) is 4.79 Å². The Morgan fingerprint density at radius 2 is 1.69 bits per heavy atom. The minimum absolute atomic E-state index is 0.152. The van der Waals surface area contributed by atoms with E-state index in [0.717, 1.165) is 19.3 Å². The van der Waals surface area contributed by atoms with E-state index >= 15 is 0 Å². The highest BCUT2D eigenvalue weighted by Crippen LogP contribution is 2.03. The molecule has 0 saturated carbocycles. The fraction of sp³-hybridized carbons (Fsp3) is 0.667. The van der Waals surface area contributed by atoms with Gasteiger partial charge < -0.3 is 0 Å². The average Bonchev–Trinajstić information content (AvgIpc) is 2.21. The number of unbranched alkanes of at least 4 members (excludes halogenated alkanes) is 1. The van der Waals surface area contributed by atoms with Gasteiger partial charge >= 0.3 is 0 Å². The zero-order chi connectivity index (χ0) is 12.4. The van der Waals surface area contributed by atoms with E-state index in [9.17, 15) is 4.79 Å². The van der Waals surface area contributed by atoms with Gasteiger partial charge in [0, 0.05) is 25.2 Å². The van der Waals surface area contributed by atoms with Gasteiger partial charge in [0.05, 0.1) is 0 Å². The van der Waals surface area contributed by atoms with Crippen molar-refractivity contribution in [3.05, 3.63) is 0 Å². The second-order valence-corrected chi connectivity index (χ2v) is 4.68. The monoisotopic (exact) mass is 218 g/mol. The zero-order valence-corrected chi connectivity index (χ0v) is 10.9. The lowest BCUT2D eigenvalue weighted by Gasteiger charge is -2.00. The molecule has 0 atom stereocenters. The Bertz CT molecular complexity index is 315. The molecule has 1 nitrogen and oxygen atoms in total. The Morgan fingerprint density at radius 3 is 2.25 bits per heavy atom. The maximum Gasteiger partial charge on any atom is 0.135 e. The molecule has 1 heteroatoms. The topological polar surface area (TPSA) is 17.1 Å². The van der Waals surface area contributed by atoms with E-state index in [1.165, 1.54) is 0 Å². The lowest BCUT2D eigenvalue weighted by atomic mass is 10.0. The maximum atomic E-state index is 11.3. The molecule has 0 N–H and O–H groups in total. The third-order valence-electron chi connectivity index (χ3n) is 2.12. The van der Waals surface area contributed by atoms with Crippen LogP contribution in [0, 0.1) is 35.5 Å². The molecule has 0 heterocycles. The summed E-state index contributed by atoms with van der Waals surface area (Å²) in [6, 6.07) is 0. The molecule has 0 fully saturated rings. The minimum atomic E-state index is 0.152. The molecule has 0 aromatic heterocycles. The quantitative estimate of drug-likeness (QED) is 0.510. The summed E-state index contributed by atoms with van der Waals surface area (Å²) in [5, 5.41) is 0. The fourth-order valence-electron chi connectivity index (χ4n) is 1.05. The Morgan fingerprint density at radius 1 is 1.06 bits per heavy atom. The first-order valence-electron chi connectivity index (χ1n) is 6.02. The first kappa shape index (κ1) is 14.8. The molecule has 16 heavy (non-hydrogen) atoms. The van der Waals surface area contributed by atoms with E-state index in [0.29, 0.717) is 18.1 Å². The van der Waals surface area contributed by atoms with Gasteiger partial charge in [-0.25, -0.2) is 0 Å². The average molecular weight is 218 g/mol. The van der Waals surface area contributed by atoms with Crippen molar-refractivity contribution in [3.8, 4) is 23.7 Å². The minimum Gasteiger partial charge on any atom is -0.299 e. The standard InChI is InChI=1S/C15H22O/c1-13(2)11-9-7-5-6-8-10-12-15(16)14(3)4/h13-14H,8,10-12H2,1-4H3. The van der Waals surface area contributed by atoms with Crippen molar-refractivity contribution in [1.82, 2.24) is 0 Å². The third kappa shape index (κ3) is 9.35. The van der Waals surface area contributed by atoms with Crippen LogP contribution in [0.2, 0.25) is 0 Å². The highest BCUT2D eigenvalue weighted by atomic mass is 16.1. The summed E-state index contributed by atoms with van der Waals surface area (Å²) in [5.74, 6) is 12.7. The lowest BCUT2D eigenvalue weighted by molar-refractivity contribution is -0.121. The molecule has 0 aliphatic heterocycles. The molecule has 0 spiro atoms. The van der Waals surface area contributed by atoms with Gasteiger partial charge in [-0.2, -0.15) is 0 Å². The molecule has 0 aliphatic rings. The van der Waals surface area contributed by atoms with E-state index in [1.807, 2.05) is 13.8 Å². The number of carbonyl (C=O) groups is 1. The highest BCUT2D eigenvalue weighted by Gasteiger charge is 2.04. The van der Waals surface area contributed by atoms with E-state index in [2.05, 4.69) is 37.5 Å². The number of hydrogen-bond acceptors (Lipinski definition) is 1. The smallest absolute Gasteiger partial charge is 0.135 e. The van der Waals surface area contributed by atoms with Crippen molar-refractivity contribution in [3.63, 3.8) is 0 Å². The van der Waals surface area contributed by atoms with E-state index < -0.39 is 0 Å². The number of hydrogen-bond donors (Lipinski definition) is 0. The van der Waals surface area contributed by atoms with Gasteiger partial charge in [-0.1, -0.05) is 39.5 Å². The van der Waals surface area contributed by atoms with E-state index in [-0.39, 0.29) is 5.92 Å². The molecule has 0 aliphatic carbocycles. The number of Topliss-reactive ketones (excluding diaryl/α,β-unsaturated/α-hetero) is 1. The number of carbonyl (C=O) groups excluding carboxylic acids is 1. The van der Waals surface area contributed by atoms with Gasteiger partial charge in [0.1, 0.15) is 5.78 Å². The van der Waals surface area contributed by atoms with E-state index in [4.69, 9.17) is 0 Å². The zero-order valence-electron chi connectivity index (χ0n) is 10.9. The van der Waals surface area contributed by atoms with Gasteiger partial charge in [-0.05, 0) is 24.2 Å². The molecule has 88 valence electrons. The molecule has 0 amide bonds. The number of ketones is 1.